The molecule has 0 saturated carbocycles. The van der Waals surface area contributed by atoms with Gasteiger partial charge in [0.2, 0.25) is 15.9 Å². The number of amides is 1. The fourth-order valence-corrected chi connectivity index (χ4v) is 4.81. The first-order valence-corrected chi connectivity index (χ1v) is 12.0. The molecule has 33 heavy (non-hydrogen) atoms. The normalized spacial score (nSPS) is 17.0. The predicted octanol–water partition coefficient (Wildman–Crippen LogP) is 3.18. The SMILES string of the molecule is CC(=O)N1CCO[C@@H](Cn2c(-c3c(F)cc(S(N)(=O)=O)cc3Cl)nc3cc(Cl)c(F)cc32)C1. The van der Waals surface area contributed by atoms with Crippen LogP contribution in [0.15, 0.2) is 29.2 Å². The third kappa shape index (κ3) is 4.69. The maximum absolute atomic E-state index is 15.1. The van der Waals surface area contributed by atoms with Crippen molar-refractivity contribution < 1.29 is 26.7 Å². The highest BCUT2D eigenvalue weighted by atomic mass is 35.5. The van der Waals surface area contributed by atoms with Crippen molar-refractivity contribution in [3.63, 3.8) is 0 Å². The van der Waals surface area contributed by atoms with Gasteiger partial charge in [-0.1, -0.05) is 23.2 Å². The minimum atomic E-state index is -4.21. The highest BCUT2D eigenvalue weighted by Crippen LogP contribution is 2.36. The molecule has 0 bridgehead atoms. The molecule has 0 spiro atoms. The molecular formula is C20H18Cl2F2N4O4S. The molecule has 13 heteroatoms. The molecule has 1 atom stereocenters. The Morgan fingerprint density at radius 2 is 1.94 bits per heavy atom. The highest BCUT2D eigenvalue weighted by molar-refractivity contribution is 7.89. The van der Waals surface area contributed by atoms with Gasteiger partial charge in [-0.25, -0.2) is 27.3 Å². The Kier molecular flexibility index (Phi) is 6.36. The van der Waals surface area contributed by atoms with Crippen molar-refractivity contribution in [3.8, 4) is 11.4 Å². The van der Waals surface area contributed by atoms with E-state index in [4.69, 9.17) is 33.1 Å². The first kappa shape index (κ1) is 23.8. The number of hydrogen-bond donors (Lipinski definition) is 1. The summed E-state index contributed by atoms with van der Waals surface area (Å²) in [6.45, 7) is 2.53. The van der Waals surface area contributed by atoms with E-state index in [0.29, 0.717) is 18.7 Å². The Morgan fingerprint density at radius 3 is 2.58 bits per heavy atom. The van der Waals surface area contributed by atoms with Crippen molar-refractivity contribution in [2.45, 2.75) is 24.5 Å². The van der Waals surface area contributed by atoms with Gasteiger partial charge < -0.3 is 14.2 Å². The fourth-order valence-electron chi connectivity index (χ4n) is 3.74. The zero-order chi connectivity index (χ0) is 24.1. The van der Waals surface area contributed by atoms with Gasteiger partial charge >= 0.3 is 0 Å². The standard InChI is InChI=1S/C20H18Cl2F2N4O4S/c1-10(29)27-2-3-32-11(8-27)9-28-18-7-15(23)13(21)6-17(18)26-20(28)19-14(22)4-12(5-16(19)24)33(25,30)31/h4-7,11H,2-3,8-9H2,1H3,(H2,25,30,31)/t11-/m1/s1. The monoisotopic (exact) mass is 518 g/mol. The molecular weight excluding hydrogens is 501 g/mol. The number of fused-ring (bicyclic) bond motifs is 1. The number of ether oxygens (including phenoxy) is 1. The van der Waals surface area contributed by atoms with Crippen LogP contribution in [-0.2, 0) is 26.1 Å². The second-order valence-corrected chi connectivity index (χ2v) is 9.94. The summed E-state index contributed by atoms with van der Waals surface area (Å²) >= 11 is 12.1. The van der Waals surface area contributed by atoms with Crippen LogP contribution >= 0.6 is 23.2 Å². The fraction of sp³-hybridized carbons (Fsp3) is 0.300. The van der Waals surface area contributed by atoms with Gasteiger partial charge in [0, 0.05) is 26.1 Å². The maximum Gasteiger partial charge on any atom is 0.238 e. The van der Waals surface area contributed by atoms with Gasteiger partial charge in [0.25, 0.3) is 0 Å². The summed E-state index contributed by atoms with van der Waals surface area (Å²) in [4.78, 5) is 17.3. The molecule has 1 fully saturated rings. The van der Waals surface area contributed by atoms with Gasteiger partial charge in [-0.3, -0.25) is 4.79 Å². The zero-order valence-electron chi connectivity index (χ0n) is 17.2. The van der Waals surface area contributed by atoms with Gasteiger partial charge in [-0.2, -0.15) is 0 Å². The summed E-state index contributed by atoms with van der Waals surface area (Å²) in [6.07, 6.45) is -0.497. The number of sulfonamides is 1. The van der Waals surface area contributed by atoms with Gasteiger partial charge in [-0.15, -0.1) is 0 Å². The molecule has 8 nitrogen and oxygen atoms in total. The molecule has 1 aromatic heterocycles. The molecule has 1 aliphatic heterocycles. The number of halogens is 4. The summed E-state index contributed by atoms with van der Waals surface area (Å²) in [5.74, 6) is -1.80. The van der Waals surface area contributed by atoms with Crippen molar-refractivity contribution in [1.29, 1.82) is 0 Å². The molecule has 3 aromatic rings. The minimum Gasteiger partial charge on any atom is -0.373 e. The summed E-state index contributed by atoms with van der Waals surface area (Å²) in [5.41, 5.74) is 0.360. The summed E-state index contributed by atoms with van der Waals surface area (Å²) in [7, 11) is -4.21. The molecule has 0 aliphatic carbocycles. The molecule has 0 unspecified atom stereocenters. The number of carbonyl (C=O) groups excluding carboxylic acids is 1. The predicted molar refractivity (Wildman–Crippen MR) is 118 cm³/mol. The van der Waals surface area contributed by atoms with E-state index in [0.717, 1.165) is 18.2 Å². The number of carbonyl (C=O) groups is 1. The smallest absolute Gasteiger partial charge is 0.238 e. The largest absolute Gasteiger partial charge is 0.373 e. The Hall–Kier alpha value is -2.31. The molecule has 1 saturated heterocycles. The average Bonchev–Trinajstić information content (AvgIpc) is 3.04. The number of nitrogens with two attached hydrogens (primary N) is 1. The van der Waals surface area contributed by atoms with Crippen LogP contribution in [0, 0.1) is 11.6 Å². The first-order chi connectivity index (χ1) is 15.5. The second-order valence-electron chi connectivity index (χ2n) is 7.57. The van der Waals surface area contributed by atoms with E-state index in [2.05, 4.69) is 4.98 Å². The summed E-state index contributed by atoms with van der Waals surface area (Å²) in [5, 5.41) is 4.66. The van der Waals surface area contributed by atoms with Gasteiger partial charge in [0.05, 0.1) is 50.8 Å². The Bertz CT molecular complexity index is 1360. The molecule has 2 heterocycles. The number of hydrogen-bond acceptors (Lipinski definition) is 5. The number of nitrogens with zero attached hydrogens (tertiary/aromatic N) is 3. The Balaban J connectivity index is 1.88. The van der Waals surface area contributed by atoms with E-state index in [9.17, 15) is 17.6 Å². The Morgan fingerprint density at radius 1 is 1.21 bits per heavy atom. The van der Waals surface area contributed by atoms with E-state index in [1.807, 2.05) is 0 Å². The third-order valence-corrected chi connectivity index (χ3v) is 6.81. The highest BCUT2D eigenvalue weighted by Gasteiger charge is 2.27. The molecule has 4 rings (SSSR count). The van der Waals surface area contributed by atoms with Crippen LogP contribution in [0.1, 0.15) is 6.92 Å². The van der Waals surface area contributed by atoms with Crippen molar-refractivity contribution in [2.24, 2.45) is 5.14 Å². The number of primary sulfonamides is 1. The zero-order valence-corrected chi connectivity index (χ0v) is 19.5. The second kappa shape index (κ2) is 8.80. The number of benzene rings is 2. The average molecular weight is 519 g/mol. The van der Waals surface area contributed by atoms with Crippen LogP contribution in [0.5, 0.6) is 0 Å². The molecule has 1 amide bonds. The van der Waals surface area contributed by atoms with E-state index in [1.165, 1.54) is 17.6 Å². The van der Waals surface area contributed by atoms with Crippen molar-refractivity contribution in [1.82, 2.24) is 14.5 Å². The van der Waals surface area contributed by atoms with Crippen molar-refractivity contribution in [3.05, 3.63) is 45.9 Å². The van der Waals surface area contributed by atoms with Crippen LogP contribution in [0.2, 0.25) is 10.0 Å². The lowest BCUT2D eigenvalue weighted by Crippen LogP contribution is -2.46. The lowest BCUT2D eigenvalue weighted by Gasteiger charge is -2.32. The first-order valence-electron chi connectivity index (χ1n) is 9.70. The van der Waals surface area contributed by atoms with E-state index < -0.39 is 32.7 Å². The van der Waals surface area contributed by atoms with Crippen molar-refractivity contribution in [2.75, 3.05) is 19.7 Å². The lowest BCUT2D eigenvalue weighted by molar-refractivity contribution is -0.136. The molecule has 176 valence electrons. The van der Waals surface area contributed by atoms with E-state index >= 15 is 4.39 Å². The van der Waals surface area contributed by atoms with Crippen LogP contribution < -0.4 is 5.14 Å². The topological polar surface area (TPSA) is 108 Å². The number of imidazole rings is 1. The van der Waals surface area contributed by atoms with Crippen LogP contribution in [0.4, 0.5) is 8.78 Å². The number of rotatable bonds is 4. The summed E-state index contributed by atoms with van der Waals surface area (Å²) in [6, 6.07) is 4.20. The third-order valence-electron chi connectivity index (χ3n) is 5.33. The quantitative estimate of drug-likeness (QED) is 0.570. The van der Waals surface area contributed by atoms with Gasteiger partial charge in [0.15, 0.2) is 0 Å². The van der Waals surface area contributed by atoms with Crippen LogP contribution in [-0.4, -0.2) is 54.6 Å². The molecule has 2 N–H and O–H groups in total. The van der Waals surface area contributed by atoms with E-state index in [1.54, 1.807) is 4.90 Å². The summed E-state index contributed by atoms with van der Waals surface area (Å²) < 4.78 is 59.9. The molecule has 0 radical (unpaired) electrons. The molecule has 1 aliphatic rings. The minimum absolute atomic E-state index is 0.0127. The maximum atomic E-state index is 15.1. The number of morpholine rings is 1. The van der Waals surface area contributed by atoms with E-state index in [-0.39, 0.29) is 45.9 Å². The number of aromatic nitrogens is 2. The van der Waals surface area contributed by atoms with Gasteiger partial charge in [0.1, 0.15) is 17.5 Å². The van der Waals surface area contributed by atoms with Crippen LogP contribution in [0.25, 0.3) is 22.4 Å². The van der Waals surface area contributed by atoms with Crippen molar-refractivity contribution >= 4 is 50.2 Å². The van der Waals surface area contributed by atoms with Crippen LogP contribution in [0.3, 0.4) is 0 Å². The lowest BCUT2D eigenvalue weighted by atomic mass is 10.2. The Labute approximate surface area is 197 Å². The van der Waals surface area contributed by atoms with Gasteiger partial charge in [-0.05, 0) is 18.2 Å². The molecule has 2 aromatic carbocycles.